The second kappa shape index (κ2) is 11.3. The molecule has 0 spiro atoms. The van der Waals surface area contributed by atoms with Gasteiger partial charge in [0.15, 0.2) is 0 Å². The summed E-state index contributed by atoms with van der Waals surface area (Å²) < 4.78 is 0. The molecule has 7 heteroatoms. The van der Waals surface area contributed by atoms with E-state index in [0.29, 0.717) is 5.69 Å². The second-order valence-electron chi connectivity index (χ2n) is 10.5. The maximum absolute atomic E-state index is 12.7. The van der Waals surface area contributed by atoms with Crippen molar-refractivity contribution in [2.24, 2.45) is 0 Å². The van der Waals surface area contributed by atoms with Crippen LogP contribution in [0.1, 0.15) is 47.4 Å². The normalized spacial score (nSPS) is 15.5. The van der Waals surface area contributed by atoms with E-state index in [1.54, 1.807) is 0 Å². The summed E-state index contributed by atoms with van der Waals surface area (Å²) in [6, 6.07) is 26.4. The van der Waals surface area contributed by atoms with Gasteiger partial charge in [-0.3, -0.25) is 4.79 Å². The molecule has 0 radical (unpaired) electrons. The van der Waals surface area contributed by atoms with E-state index in [9.17, 15) is 9.90 Å². The number of nitrogens with zero attached hydrogens (tertiary/aromatic N) is 1. The fraction of sp³-hybridized carbons (Fsp3) is 0.281. The predicted octanol–water partition coefficient (Wildman–Crippen LogP) is 6.59. The molecule has 1 amide bonds. The van der Waals surface area contributed by atoms with Crippen LogP contribution in [-0.4, -0.2) is 35.2 Å². The third kappa shape index (κ3) is 6.10. The average Bonchev–Trinajstić information content (AvgIpc) is 3.41. The second-order valence-corrected chi connectivity index (χ2v) is 10.5. The largest absolute Gasteiger partial charge is 0.393 e. The summed E-state index contributed by atoms with van der Waals surface area (Å²) in [6.45, 7) is 1.80. The number of aromatic nitrogens is 1. The Bertz CT molecular complexity index is 1380. The summed E-state index contributed by atoms with van der Waals surface area (Å²) >= 11 is 0. The highest BCUT2D eigenvalue weighted by Crippen LogP contribution is 2.26. The quantitative estimate of drug-likeness (QED) is 0.189. The van der Waals surface area contributed by atoms with E-state index < -0.39 is 0 Å². The van der Waals surface area contributed by atoms with Gasteiger partial charge in [0, 0.05) is 52.9 Å². The lowest BCUT2D eigenvalue weighted by Crippen LogP contribution is -2.35. The first-order valence-electron chi connectivity index (χ1n) is 13.9. The van der Waals surface area contributed by atoms with Gasteiger partial charge in [0.2, 0.25) is 0 Å². The lowest BCUT2D eigenvalue weighted by Gasteiger charge is -2.31. The number of fused-ring (bicyclic) bond motifs is 1. The fourth-order valence-corrected chi connectivity index (χ4v) is 5.41. The van der Waals surface area contributed by atoms with Crippen LogP contribution in [0, 0.1) is 0 Å². The number of piperidine rings is 1. The van der Waals surface area contributed by atoms with Gasteiger partial charge < -0.3 is 30.9 Å². The first kappa shape index (κ1) is 25.1. The molecule has 0 unspecified atom stereocenters. The van der Waals surface area contributed by atoms with Gasteiger partial charge in [-0.2, -0.15) is 0 Å². The third-order valence-electron chi connectivity index (χ3n) is 7.66. The number of carbonyl (C=O) groups excluding carboxylic acids is 1. The molecule has 1 aliphatic heterocycles. The zero-order chi connectivity index (χ0) is 26.6. The van der Waals surface area contributed by atoms with Crippen LogP contribution in [-0.2, 0) is 12.8 Å². The van der Waals surface area contributed by atoms with Crippen LogP contribution in [0.5, 0.6) is 0 Å². The highest BCUT2D eigenvalue weighted by molar-refractivity contribution is 6.03. The minimum absolute atomic E-state index is 0.103. The molecule has 0 saturated carbocycles. The van der Waals surface area contributed by atoms with Gasteiger partial charge in [-0.25, -0.2) is 0 Å². The first-order chi connectivity index (χ1) is 19.1. The molecule has 39 heavy (non-hydrogen) atoms. The number of aliphatic hydroxyl groups is 1. The monoisotopic (exact) mass is 521 g/mol. The van der Waals surface area contributed by atoms with E-state index in [-0.39, 0.29) is 12.0 Å². The Morgan fingerprint density at radius 2 is 1.26 bits per heavy atom. The highest BCUT2D eigenvalue weighted by atomic mass is 16.3. The van der Waals surface area contributed by atoms with Crippen molar-refractivity contribution in [1.29, 1.82) is 0 Å². The number of aryl methyl sites for hydroxylation is 2. The summed E-state index contributed by atoms with van der Waals surface area (Å²) in [6.07, 6.45) is 5.95. The van der Waals surface area contributed by atoms with Gasteiger partial charge in [-0.1, -0.05) is 0 Å². The van der Waals surface area contributed by atoms with Crippen LogP contribution in [0.4, 0.5) is 34.1 Å². The molecule has 5 N–H and O–H groups in total. The Kier molecular flexibility index (Phi) is 7.23. The molecular weight excluding hydrogens is 486 g/mol. The first-order valence-corrected chi connectivity index (χ1v) is 13.9. The number of anilines is 6. The van der Waals surface area contributed by atoms with Crippen molar-refractivity contribution in [3.05, 3.63) is 95.8 Å². The van der Waals surface area contributed by atoms with Gasteiger partial charge in [0.25, 0.3) is 5.91 Å². The number of benzene rings is 3. The van der Waals surface area contributed by atoms with E-state index >= 15 is 0 Å². The SMILES string of the molecule is O=C(Nc1ccc(Nc2ccc(Nc3ccc(N4CCC(O)CC4)cc3)cc2)cc1)c1cc2c([nH]1)CCCC2. The molecule has 1 aliphatic carbocycles. The average molecular weight is 522 g/mol. The summed E-state index contributed by atoms with van der Waals surface area (Å²) in [5.74, 6) is -0.103. The van der Waals surface area contributed by atoms with Crippen LogP contribution in [0.15, 0.2) is 78.9 Å². The number of H-pyrrole nitrogens is 1. The lowest BCUT2D eigenvalue weighted by atomic mass is 9.98. The molecule has 0 atom stereocenters. The van der Waals surface area contributed by atoms with E-state index in [1.165, 1.54) is 29.8 Å². The van der Waals surface area contributed by atoms with Crippen LogP contribution in [0.25, 0.3) is 0 Å². The highest BCUT2D eigenvalue weighted by Gasteiger charge is 2.18. The minimum atomic E-state index is -0.160. The van der Waals surface area contributed by atoms with E-state index in [0.717, 1.165) is 67.2 Å². The number of carbonyl (C=O) groups is 1. The fourth-order valence-electron chi connectivity index (χ4n) is 5.41. The molecule has 2 aliphatic rings. The molecule has 1 saturated heterocycles. The van der Waals surface area contributed by atoms with Crippen molar-refractivity contribution in [3.63, 3.8) is 0 Å². The molecule has 7 nitrogen and oxygen atoms in total. The summed E-state index contributed by atoms with van der Waals surface area (Å²) in [4.78, 5) is 18.3. The Morgan fingerprint density at radius 1 is 0.744 bits per heavy atom. The van der Waals surface area contributed by atoms with Gasteiger partial charge in [-0.15, -0.1) is 0 Å². The van der Waals surface area contributed by atoms with Crippen molar-refractivity contribution in [3.8, 4) is 0 Å². The summed E-state index contributed by atoms with van der Waals surface area (Å²) in [5, 5.41) is 19.6. The number of aliphatic hydroxyl groups excluding tert-OH is 1. The Hall–Kier alpha value is -4.23. The van der Waals surface area contributed by atoms with Crippen molar-refractivity contribution in [2.45, 2.75) is 44.6 Å². The molecule has 200 valence electrons. The Morgan fingerprint density at radius 3 is 1.82 bits per heavy atom. The maximum Gasteiger partial charge on any atom is 0.272 e. The van der Waals surface area contributed by atoms with Crippen LogP contribution >= 0.6 is 0 Å². The molecule has 4 aromatic rings. The number of aromatic amines is 1. The molecule has 3 aromatic carbocycles. The number of hydrogen-bond acceptors (Lipinski definition) is 5. The summed E-state index contributed by atoms with van der Waals surface area (Å²) in [7, 11) is 0. The third-order valence-corrected chi connectivity index (χ3v) is 7.66. The smallest absolute Gasteiger partial charge is 0.272 e. The van der Waals surface area contributed by atoms with Crippen molar-refractivity contribution >= 4 is 40.0 Å². The zero-order valence-corrected chi connectivity index (χ0v) is 22.0. The minimum Gasteiger partial charge on any atom is -0.393 e. The van der Waals surface area contributed by atoms with Gasteiger partial charge >= 0.3 is 0 Å². The van der Waals surface area contributed by atoms with Crippen molar-refractivity contribution < 1.29 is 9.90 Å². The number of rotatable bonds is 7. The molecule has 1 fully saturated rings. The predicted molar refractivity (Wildman–Crippen MR) is 159 cm³/mol. The number of nitrogens with one attached hydrogen (secondary N) is 4. The topological polar surface area (TPSA) is 92.4 Å². The van der Waals surface area contributed by atoms with Crippen LogP contribution in [0.3, 0.4) is 0 Å². The molecular formula is C32H35N5O2. The van der Waals surface area contributed by atoms with E-state index in [1.807, 2.05) is 54.6 Å². The molecule has 1 aromatic heterocycles. The van der Waals surface area contributed by atoms with Crippen molar-refractivity contribution in [1.82, 2.24) is 4.98 Å². The van der Waals surface area contributed by atoms with Gasteiger partial charge in [0.1, 0.15) is 5.69 Å². The van der Waals surface area contributed by atoms with E-state index in [4.69, 9.17) is 0 Å². The van der Waals surface area contributed by atoms with Crippen molar-refractivity contribution in [2.75, 3.05) is 33.9 Å². The standard InChI is InChI=1S/C32H35N5O2/c38-29-17-19-37(20-18-29)28-15-13-26(14-16-28)34-24-7-5-23(6-8-24)33-25-9-11-27(12-10-25)35-32(39)31-21-22-3-1-2-4-30(22)36-31/h5-16,21,29,33-34,36,38H,1-4,17-20H2,(H,35,39). The van der Waals surface area contributed by atoms with E-state index in [2.05, 4.69) is 50.1 Å². The van der Waals surface area contributed by atoms with Crippen LogP contribution in [0.2, 0.25) is 0 Å². The lowest BCUT2D eigenvalue weighted by molar-refractivity contribution is 0.102. The number of hydrogen-bond donors (Lipinski definition) is 5. The Labute approximate surface area is 229 Å². The number of amides is 1. The summed E-state index contributed by atoms with van der Waals surface area (Å²) in [5.41, 5.74) is 9.06. The van der Waals surface area contributed by atoms with Gasteiger partial charge in [-0.05, 0) is 123 Å². The Balaban J connectivity index is 1.01. The molecule has 6 rings (SSSR count). The molecule has 2 heterocycles. The zero-order valence-electron chi connectivity index (χ0n) is 22.0. The van der Waals surface area contributed by atoms with Crippen LogP contribution < -0.4 is 20.9 Å². The van der Waals surface area contributed by atoms with Gasteiger partial charge in [0.05, 0.1) is 6.10 Å². The molecule has 0 bridgehead atoms. The maximum atomic E-state index is 12.7.